The minimum Gasteiger partial charge on any atom is -0.462 e. The molecule has 2 N–H and O–H groups in total. The van der Waals surface area contributed by atoms with Crippen molar-refractivity contribution in [2.24, 2.45) is 5.73 Å². The molecule has 1 aliphatic heterocycles. The summed E-state index contributed by atoms with van der Waals surface area (Å²) in [6.07, 6.45) is -4.37. The number of rotatable bonds is 6. The van der Waals surface area contributed by atoms with E-state index in [4.69, 9.17) is 15.2 Å². The SMILES string of the molecule is NCc1cc(-c2ccc(C(F)(F)F)cc2)nc(OCCN2CCOCC2)n1. The molecule has 9 heteroatoms. The van der Waals surface area contributed by atoms with Gasteiger partial charge in [-0.1, -0.05) is 12.1 Å². The second-order valence-corrected chi connectivity index (χ2v) is 6.11. The number of benzene rings is 1. The van der Waals surface area contributed by atoms with E-state index < -0.39 is 11.7 Å². The zero-order valence-corrected chi connectivity index (χ0v) is 14.7. The van der Waals surface area contributed by atoms with Crippen LogP contribution in [0.4, 0.5) is 13.2 Å². The quantitative estimate of drug-likeness (QED) is 0.827. The van der Waals surface area contributed by atoms with Crippen molar-refractivity contribution in [1.82, 2.24) is 14.9 Å². The van der Waals surface area contributed by atoms with E-state index in [1.54, 1.807) is 6.07 Å². The maximum atomic E-state index is 12.7. The summed E-state index contributed by atoms with van der Waals surface area (Å²) >= 11 is 0. The number of alkyl halides is 3. The van der Waals surface area contributed by atoms with E-state index in [0.717, 1.165) is 31.8 Å². The van der Waals surface area contributed by atoms with Gasteiger partial charge in [0.1, 0.15) is 6.61 Å². The lowest BCUT2D eigenvalue weighted by molar-refractivity contribution is -0.137. The molecular weight excluding hydrogens is 361 g/mol. The largest absolute Gasteiger partial charge is 0.462 e. The summed E-state index contributed by atoms with van der Waals surface area (Å²) in [5.74, 6) is 0. The monoisotopic (exact) mass is 382 g/mol. The second kappa shape index (κ2) is 8.64. The highest BCUT2D eigenvalue weighted by atomic mass is 19.4. The Kier molecular flexibility index (Phi) is 6.25. The first kappa shape index (κ1) is 19.5. The fourth-order valence-electron chi connectivity index (χ4n) is 2.71. The van der Waals surface area contributed by atoms with E-state index in [0.29, 0.717) is 36.8 Å². The van der Waals surface area contributed by atoms with Crippen LogP contribution < -0.4 is 10.5 Å². The van der Waals surface area contributed by atoms with Gasteiger partial charge in [-0.05, 0) is 18.2 Å². The Labute approximate surface area is 155 Å². The van der Waals surface area contributed by atoms with Crippen molar-refractivity contribution in [3.63, 3.8) is 0 Å². The lowest BCUT2D eigenvalue weighted by Gasteiger charge is -2.26. The lowest BCUT2D eigenvalue weighted by atomic mass is 10.1. The molecule has 146 valence electrons. The molecule has 1 aromatic heterocycles. The van der Waals surface area contributed by atoms with Crippen LogP contribution in [0.3, 0.4) is 0 Å². The summed E-state index contributed by atoms with van der Waals surface area (Å²) in [6, 6.07) is 6.63. The van der Waals surface area contributed by atoms with Crippen LogP contribution in [0, 0.1) is 0 Å². The van der Waals surface area contributed by atoms with Gasteiger partial charge in [-0.3, -0.25) is 4.90 Å². The number of hydrogen-bond donors (Lipinski definition) is 1. The smallest absolute Gasteiger partial charge is 0.416 e. The molecular formula is C18H21F3N4O2. The summed E-state index contributed by atoms with van der Waals surface area (Å²) < 4.78 is 49.1. The molecule has 0 radical (unpaired) electrons. The number of ether oxygens (including phenoxy) is 2. The van der Waals surface area contributed by atoms with Crippen molar-refractivity contribution in [3.8, 4) is 17.3 Å². The molecule has 0 atom stereocenters. The van der Waals surface area contributed by atoms with E-state index in [2.05, 4.69) is 14.9 Å². The lowest BCUT2D eigenvalue weighted by Crippen LogP contribution is -2.38. The summed E-state index contributed by atoms with van der Waals surface area (Å²) in [5.41, 5.74) is 6.54. The van der Waals surface area contributed by atoms with Gasteiger partial charge < -0.3 is 15.2 Å². The number of aromatic nitrogens is 2. The molecule has 27 heavy (non-hydrogen) atoms. The Balaban J connectivity index is 1.71. The Hall–Kier alpha value is -2.23. The molecule has 0 unspecified atom stereocenters. The molecule has 1 aliphatic rings. The van der Waals surface area contributed by atoms with Crippen LogP contribution in [0.2, 0.25) is 0 Å². The minimum atomic E-state index is -4.37. The van der Waals surface area contributed by atoms with Crippen molar-refractivity contribution in [2.75, 3.05) is 39.5 Å². The molecule has 2 heterocycles. The Bertz CT molecular complexity index is 747. The number of halogens is 3. The summed E-state index contributed by atoms with van der Waals surface area (Å²) in [7, 11) is 0. The fraction of sp³-hybridized carbons (Fsp3) is 0.444. The maximum Gasteiger partial charge on any atom is 0.416 e. The van der Waals surface area contributed by atoms with Gasteiger partial charge in [-0.15, -0.1) is 0 Å². The van der Waals surface area contributed by atoms with Gasteiger partial charge in [-0.2, -0.15) is 23.1 Å². The molecule has 1 saturated heterocycles. The van der Waals surface area contributed by atoms with E-state index in [-0.39, 0.29) is 12.6 Å². The summed E-state index contributed by atoms with van der Waals surface area (Å²) in [5, 5.41) is 0. The molecule has 0 bridgehead atoms. The van der Waals surface area contributed by atoms with Crippen molar-refractivity contribution < 1.29 is 22.6 Å². The number of nitrogens with zero attached hydrogens (tertiary/aromatic N) is 3. The first-order valence-electron chi connectivity index (χ1n) is 8.64. The van der Waals surface area contributed by atoms with E-state index in [1.165, 1.54) is 12.1 Å². The predicted molar refractivity (Wildman–Crippen MR) is 93.1 cm³/mol. The third-order valence-electron chi connectivity index (χ3n) is 4.22. The van der Waals surface area contributed by atoms with Crippen molar-refractivity contribution in [3.05, 3.63) is 41.6 Å². The first-order chi connectivity index (χ1) is 13.0. The molecule has 0 amide bonds. The van der Waals surface area contributed by atoms with E-state index in [9.17, 15) is 13.2 Å². The number of morpholine rings is 1. The first-order valence-corrected chi connectivity index (χ1v) is 8.64. The van der Waals surface area contributed by atoms with Crippen LogP contribution in [-0.2, 0) is 17.5 Å². The topological polar surface area (TPSA) is 73.5 Å². The molecule has 2 aromatic rings. The number of nitrogens with two attached hydrogens (primary N) is 1. The van der Waals surface area contributed by atoms with Gasteiger partial charge in [0.2, 0.25) is 0 Å². The van der Waals surface area contributed by atoms with Gasteiger partial charge >= 0.3 is 12.2 Å². The van der Waals surface area contributed by atoms with Gasteiger partial charge in [0.15, 0.2) is 0 Å². The molecule has 0 aliphatic carbocycles. The molecule has 0 saturated carbocycles. The highest BCUT2D eigenvalue weighted by Gasteiger charge is 2.30. The molecule has 6 nitrogen and oxygen atoms in total. The third kappa shape index (κ3) is 5.38. The van der Waals surface area contributed by atoms with Crippen LogP contribution in [0.15, 0.2) is 30.3 Å². The molecule has 1 aromatic carbocycles. The van der Waals surface area contributed by atoms with Gasteiger partial charge in [-0.25, -0.2) is 0 Å². The fourth-order valence-corrected chi connectivity index (χ4v) is 2.71. The zero-order chi connectivity index (χ0) is 19.3. The van der Waals surface area contributed by atoms with Crippen LogP contribution in [-0.4, -0.2) is 54.3 Å². The third-order valence-corrected chi connectivity index (χ3v) is 4.22. The molecule has 3 rings (SSSR count). The Morgan fingerprint density at radius 3 is 2.44 bits per heavy atom. The minimum absolute atomic E-state index is 0.168. The Morgan fingerprint density at radius 1 is 1.11 bits per heavy atom. The van der Waals surface area contributed by atoms with Crippen molar-refractivity contribution >= 4 is 0 Å². The van der Waals surface area contributed by atoms with Crippen LogP contribution >= 0.6 is 0 Å². The normalized spacial score (nSPS) is 15.7. The highest BCUT2D eigenvalue weighted by Crippen LogP contribution is 2.31. The van der Waals surface area contributed by atoms with Crippen LogP contribution in [0.25, 0.3) is 11.3 Å². The number of hydrogen-bond acceptors (Lipinski definition) is 6. The maximum absolute atomic E-state index is 12.7. The van der Waals surface area contributed by atoms with Crippen LogP contribution in [0.5, 0.6) is 6.01 Å². The molecule has 0 spiro atoms. The van der Waals surface area contributed by atoms with E-state index in [1.807, 2.05) is 0 Å². The van der Waals surface area contributed by atoms with Gasteiger partial charge in [0.25, 0.3) is 0 Å². The summed E-state index contributed by atoms with van der Waals surface area (Å²) in [6.45, 7) is 4.41. The molecule has 1 fully saturated rings. The second-order valence-electron chi connectivity index (χ2n) is 6.11. The van der Waals surface area contributed by atoms with Crippen LogP contribution in [0.1, 0.15) is 11.3 Å². The van der Waals surface area contributed by atoms with Crippen molar-refractivity contribution in [1.29, 1.82) is 0 Å². The summed E-state index contributed by atoms with van der Waals surface area (Å²) in [4.78, 5) is 10.8. The standard InChI is InChI=1S/C18H21F3N4O2/c19-18(20,21)14-3-1-13(2-4-14)16-11-15(12-22)23-17(24-16)27-10-7-25-5-8-26-9-6-25/h1-4,11H,5-10,12,22H2. The average molecular weight is 382 g/mol. The van der Waals surface area contributed by atoms with Crippen molar-refractivity contribution in [2.45, 2.75) is 12.7 Å². The van der Waals surface area contributed by atoms with E-state index >= 15 is 0 Å². The zero-order valence-electron chi connectivity index (χ0n) is 14.7. The van der Waals surface area contributed by atoms with Gasteiger partial charge in [0, 0.05) is 31.7 Å². The average Bonchev–Trinajstić information content (AvgIpc) is 2.68. The predicted octanol–water partition coefficient (Wildman–Crippen LogP) is 2.33. The Morgan fingerprint density at radius 2 is 1.81 bits per heavy atom. The van der Waals surface area contributed by atoms with Gasteiger partial charge in [0.05, 0.1) is 30.2 Å². The highest BCUT2D eigenvalue weighted by molar-refractivity contribution is 5.60.